The highest BCUT2D eigenvalue weighted by atomic mass is 35.5. The Labute approximate surface area is 157 Å². The summed E-state index contributed by atoms with van der Waals surface area (Å²) < 4.78 is 0. The first-order valence-electron chi connectivity index (χ1n) is 7.58. The Hall–Kier alpha value is -1.62. The van der Waals surface area contributed by atoms with Gasteiger partial charge in [0.05, 0.1) is 10.6 Å². The Kier molecular flexibility index (Phi) is 6.60. The van der Waals surface area contributed by atoms with Crippen LogP contribution in [-0.2, 0) is 0 Å². The van der Waals surface area contributed by atoms with Crippen molar-refractivity contribution in [2.24, 2.45) is 0 Å². The number of thiocarbonyl (C=S) groups is 1. The normalized spacial score (nSPS) is 11.7. The lowest BCUT2D eigenvalue weighted by molar-refractivity contribution is 0.0978. The van der Waals surface area contributed by atoms with Crippen molar-refractivity contribution in [3.05, 3.63) is 63.6 Å². The largest absolute Gasteiger partial charge is 0.332 e. The van der Waals surface area contributed by atoms with Gasteiger partial charge in [-0.3, -0.25) is 10.1 Å². The van der Waals surface area contributed by atoms with Crippen LogP contribution in [-0.4, -0.2) is 11.0 Å². The number of anilines is 1. The minimum Gasteiger partial charge on any atom is -0.332 e. The molecule has 1 unspecified atom stereocenters. The Bertz CT molecular complexity index is 764. The zero-order valence-electron chi connectivity index (χ0n) is 13.4. The molecule has 2 N–H and O–H groups in total. The summed E-state index contributed by atoms with van der Waals surface area (Å²) in [5.41, 5.74) is 2.36. The third-order valence-corrected chi connectivity index (χ3v) is 4.51. The first-order chi connectivity index (χ1) is 11.4. The van der Waals surface area contributed by atoms with Crippen molar-refractivity contribution >= 4 is 52.1 Å². The van der Waals surface area contributed by atoms with Crippen LogP contribution < -0.4 is 10.6 Å². The number of benzene rings is 2. The summed E-state index contributed by atoms with van der Waals surface area (Å²) in [6.45, 7) is 4.28. The molecule has 0 bridgehead atoms. The van der Waals surface area contributed by atoms with Crippen molar-refractivity contribution in [2.45, 2.75) is 26.2 Å². The van der Waals surface area contributed by atoms with Gasteiger partial charge in [0.25, 0.3) is 5.91 Å². The summed E-state index contributed by atoms with van der Waals surface area (Å²) in [4.78, 5) is 12.3. The van der Waals surface area contributed by atoms with Gasteiger partial charge < -0.3 is 5.32 Å². The molecule has 6 heteroatoms. The fourth-order valence-corrected chi connectivity index (χ4v) is 2.96. The van der Waals surface area contributed by atoms with E-state index in [1.54, 1.807) is 12.1 Å². The number of para-hydroxylation sites is 1. The van der Waals surface area contributed by atoms with Crippen molar-refractivity contribution in [3.8, 4) is 0 Å². The summed E-state index contributed by atoms with van der Waals surface area (Å²) in [7, 11) is 0. The van der Waals surface area contributed by atoms with Crippen LogP contribution in [0.15, 0.2) is 42.5 Å². The summed E-state index contributed by atoms with van der Waals surface area (Å²) >= 11 is 17.1. The standard InChI is InChI=1S/C18H18Cl2N2OS/c1-3-11(2)13-6-4-5-7-16(13)21-18(24)22-17(23)14-9-8-12(19)10-15(14)20/h4-11H,3H2,1-2H3,(H2,21,22,23,24). The third kappa shape index (κ3) is 4.69. The average molecular weight is 381 g/mol. The molecule has 0 radical (unpaired) electrons. The van der Waals surface area contributed by atoms with Gasteiger partial charge in [-0.15, -0.1) is 0 Å². The third-order valence-electron chi connectivity index (χ3n) is 3.76. The lowest BCUT2D eigenvalue weighted by Crippen LogP contribution is -2.34. The van der Waals surface area contributed by atoms with Crippen LogP contribution in [0, 0.1) is 0 Å². The van der Waals surface area contributed by atoms with E-state index in [0.29, 0.717) is 16.5 Å². The minimum absolute atomic E-state index is 0.224. The van der Waals surface area contributed by atoms with Crippen LogP contribution in [0.2, 0.25) is 10.0 Å². The van der Waals surface area contributed by atoms with Gasteiger partial charge in [-0.1, -0.05) is 55.2 Å². The maximum atomic E-state index is 12.3. The van der Waals surface area contributed by atoms with Crippen LogP contribution in [0.4, 0.5) is 5.69 Å². The molecule has 0 fully saturated rings. The molecule has 126 valence electrons. The molecule has 0 aliphatic carbocycles. The van der Waals surface area contributed by atoms with E-state index < -0.39 is 0 Å². The van der Waals surface area contributed by atoms with Crippen LogP contribution in [0.3, 0.4) is 0 Å². The minimum atomic E-state index is -0.379. The van der Waals surface area contributed by atoms with Crippen LogP contribution >= 0.6 is 35.4 Å². The van der Waals surface area contributed by atoms with Gasteiger partial charge in [-0.05, 0) is 54.4 Å². The summed E-state index contributed by atoms with van der Waals surface area (Å²) in [5, 5.41) is 6.71. The predicted molar refractivity (Wildman–Crippen MR) is 105 cm³/mol. The van der Waals surface area contributed by atoms with E-state index >= 15 is 0 Å². The molecule has 0 aliphatic heterocycles. The van der Waals surface area contributed by atoms with E-state index in [1.165, 1.54) is 6.07 Å². The molecule has 0 saturated carbocycles. The topological polar surface area (TPSA) is 41.1 Å². The molecular formula is C18H18Cl2N2OS. The molecule has 0 aliphatic rings. The number of carbonyl (C=O) groups excluding carboxylic acids is 1. The Balaban J connectivity index is 2.10. The second-order valence-electron chi connectivity index (χ2n) is 5.43. The molecule has 0 heterocycles. The molecule has 0 aromatic heterocycles. The fourth-order valence-electron chi connectivity index (χ4n) is 2.26. The van der Waals surface area contributed by atoms with Crippen LogP contribution in [0.1, 0.15) is 42.1 Å². The number of halogens is 2. The van der Waals surface area contributed by atoms with Gasteiger partial charge >= 0.3 is 0 Å². The van der Waals surface area contributed by atoms with E-state index in [9.17, 15) is 4.79 Å². The van der Waals surface area contributed by atoms with Gasteiger partial charge in [-0.25, -0.2) is 0 Å². The first-order valence-corrected chi connectivity index (χ1v) is 8.75. The Morgan fingerprint density at radius 1 is 1.21 bits per heavy atom. The first kappa shape index (κ1) is 18.7. The number of amides is 1. The molecular weight excluding hydrogens is 363 g/mol. The highest BCUT2D eigenvalue weighted by Crippen LogP contribution is 2.26. The summed E-state index contributed by atoms with van der Waals surface area (Å²) in [6.07, 6.45) is 1.01. The molecule has 24 heavy (non-hydrogen) atoms. The zero-order valence-corrected chi connectivity index (χ0v) is 15.7. The SMILES string of the molecule is CCC(C)c1ccccc1NC(=S)NC(=O)c1ccc(Cl)cc1Cl. The molecule has 2 aromatic rings. The molecule has 1 atom stereocenters. The van der Waals surface area contributed by atoms with E-state index in [4.69, 9.17) is 35.4 Å². The fraction of sp³-hybridized carbons (Fsp3) is 0.222. The molecule has 3 nitrogen and oxygen atoms in total. The van der Waals surface area contributed by atoms with Gasteiger partial charge in [-0.2, -0.15) is 0 Å². The number of rotatable bonds is 4. The average Bonchev–Trinajstić information content (AvgIpc) is 2.54. The molecule has 2 rings (SSSR count). The van der Waals surface area contributed by atoms with Gasteiger partial charge in [0.15, 0.2) is 5.11 Å². The van der Waals surface area contributed by atoms with E-state index in [0.717, 1.165) is 17.7 Å². The monoisotopic (exact) mass is 380 g/mol. The maximum Gasteiger partial charge on any atom is 0.258 e. The van der Waals surface area contributed by atoms with Crippen LogP contribution in [0.5, 0.6) is 0 Å². The van der Waals surface area contributed by atoms with Gasteiger partial charge in [0, 0.05) is 10.7 Å². The molecule has 0 spiro atoms. The van der Waals surface area contributed by atoms with E-state index in [-0.39, 0.29) is 16.0 Å². The summed E-state index contributed by atoms with van der Waals surface area (Å²) in [6, 6.07) is 12.6. The lowest BCUT2D eigenvalue weighted by Gasteiger charge is -2.17. The summed E-state index contributed by atoms with van der Waals surface area (Å²) in [5.74, 6) is 0.00750. The molecule has 1 amide bonds. The van der Waals surface area contributed by atoms with Crippen molar-refractivity contribution in [3.63, 3.8) is 0 Å². The number of hydrogen-bond donors (Lipinski definition) is 2. The van der Waals surface area contributed by atoms with Crippen LogP contribution in [0.25, 0.3) is 0 Å². The Morgan fingerprint density at radius 2 is 1.92 bits per heavy atom. The number of hydrogen-bond acceptors (Lipinski definition) is 2. The van der Waals surface area contributed by atoms with Crippen molar-refractivity contribution in [2.75, 3.05) is 5.32 Å². The second-order valence-corrected chi connectivity index (χ2v) is 6.68. The van der Waals surface area contributed by atoms with Crippen molar-refractivity contribution < 1.29 is 4.79 Å². The predicted octanol–water partition coefficient (Wildman–Crippen LogP) is 5.63. The maximum absolute atomic E-state index is 12.3. The highest BCUT2D eigenvalue weighted by molar-refractivity contribution is 7.80. The molecule has 0 saturated heterocycles. The van der Waals surface area contributed by atoms with Gasteiger partial charge in [0.1, 0.15) is 0 Å². The van der Waals surface area contributed by atoms with Crippen molar-refractivity contribution in [1.29, 1.82) is 0 Å². The second kappa shape index (κ2) is 8.47. The highest BCUT2D eigenvalue weighted by Gasteiger charge is 2.14. The van der Waals surface area contributed by atoms with Gasteiger partial charge in [0.2, 0.25) is 0 Å². The zero-order chi connectivity index (χ0) is 17.7. The smallest absolute Gasteiger partial charge is 0.258 e. The molecule has 2 aromatic carbocycles. The lowest BCUT2D eigenvalue weighted by atomic mass is 9.97. The number of carbonyl (C=O) groups is 1. The quantitative estimate of drug-likeness (QED) is 0.674. The van der Waals surface area contributed by atoms with Crippen molar-refractivity contribution in [1.82, 2.24) is 5.32 Å². The number of nitrogens with one attached hydrogen (secondary N) is 2. The Morgan fingerprint density at radius 3 is 2.58 bits per heavy atom. The van der Waals surface area contributed by atoms with E-state index in [2.05, 4.69) is 30.5 Å². The van der Waals surface area contributed by atoms with E-state index in [1.807, 2.05) is 18.2 Å².